The molecule has 16 rings (SSSR count). The largest absolute Gasteiger partial charge is 0.309 e. The van der Waals surface area contributed by atoms with Gasteiger partial charge in [0.2, 0.25) is 0 Å². The van der Waals surface area contributed by atoms with E-state index in [0.29, 0.717) is 0 Å². The Kier molecular flexibility index (Phi) is 6.98. The van der Waals surface area contributed by atoms with Gasteiger partial charge in [0, 0.05) is 67.5 Å². The van der Waals surface area contributed by atoms with Gasteiger partial charge in [0.15, 0.2) is 0 Å². The molecule has 6 nitrogen and oxygen atoms in total. The smallest absolute Gasteiger partial charge is 0.0969 e. The molecule has 0 amide bonds. The number of hydrogen-bond acceptors (Lipinski definition) is 2. The lowest BCUT2D eigenvalue weighted by atomic mass is 9.91. The van der Waals surface area contributed by atoms with Crippen molar-refractivity contribution in [2.75, 3.05) is 0 Å². The fraction of sp³-hybridized carbons (Fsp3) is 0. The lowest BCUT2D eigenvalue weighted by molar-refractivity contribution is 1.14. The molecule has 0 N–H and O–H groups in total. The van der Waals surface area contributed by atoms with Crippen LogP contribution in [0, 0.1) is 0 Å². The molecule has 0 unspecified atom stereocenters. The molecule has 0 aliphatic rings. The minimum atomic E-state index is 1.000. The van der Waals surface area contributed by atoms with Crippen LogP contribution in [0.1, 0.15) is 0 Å². The predicted octanol–water partition coefficient (Wildman–Crippen LogP) is 15.8. The molecule has 0 saturated heterocycles. The number of benzene rings is 10. The van der Waals surface area contributed by atoms with E-state index in [-0.39, 0.29) is 0 Å². The summed E-state index contributed by atoms with van der Waals surface area (Å²) in [6.07, 6.45) is 3.85. The molecule has 0 radical (unpaired) electrons. The van der Waals surface area contributed by atoms with Gasteiger partial charge >= 0.3 is 0 Å². The number of para-hydroxylation sites is 4. The lowest BCUT2D eigenvalue weighted by Crippen LogP contribution is -1.98. The molecule has 0 bridgehead atoms. The van der Waals surface area contributed by atoms with E-state index in [2.05, 4.69) is 225 Å². The Balaban J connectivity index is 0.886. The zero-order valence-electron chi connectivity index (χ0n) is 36.5. The average molecular weight is 865 g/mol. The Morgan fingerprint density at radius 1 is 0.235 bits per heavy atom. The number of hydrogen-bond donors (Lipinski definition) is 0. The van der Waals surface area contributed by atoms with Crippen LogP contribution < -0.4 is 0 Å². The van der Waals surface area contributed by atoms with Gasteiger partial charge in [-0.1, -0.05) is 97.1 Å². The van der Waals surface area contributed by atoms with Crippen LogP contribution in [-0.2, 0) is 0 Å². The molecule has 6 heteroatoms. The van der Waals surface area contributed by atoms with Crippen LogP contribution in [0.15, 0.2) is 219 Å². The van der Waals surface area contributed by atoms with Crippen LogP contribution in [-0.4, -0.2) is 28.2 Å². The highest BCUT2D eigenvalue weighted by molar-refractivity contribution is 6.37. The molecule has 314 valence electrons. The van der Waals surface area contributed by atoms with Crippen LogP contribution in [0.2, 0.25) is 0 Å². The maximum atomic E-state index is 5.10. The van der Waals surface area contributed by atoms with E-state index in [4.69, 9.17) is 9.97 Å². The molecule has 0 spiro atoms. The highest BCUT2D eigenvalue weighted by Crippen LogP contribution is 2.47. The third-order valence-corrected chi connectivity index (χ3v) is 14.8. The summed E-state index contributed by atoms with van der Waals surface area (Å²) in [5.74, 6) is 0. The van der Waals surface area contributed by atoms with Gasteiger partial charge in [0.1, 0.15) is 0 Å². The first-order valence-electron chi connectivity index (χ1n) is 23.2. The van der Waals surface area contributed by atoms with Gasteiger partial charge in [-0.25, -0.2) is 0 Å². The molecule has 0 fully saturated rings. The van der Waals surface area contributed by atoms with Gasteiger partial charge < -0.3 is 18.3 Å². The minimum Gasteiger partial charge on any atom is -0.309 e. The van der Waals surface area contributed by atoms with Crippen LogP contribution in [0.5, 0.6) is 0 Å². The number of pyridine rings is 2. The normalized spacial score (nSPS) is 12.4. The Hall–Kier alpha value is -9.26. The van der Waals surface area contributed by atoms with Crippen molar-refractivity contribution in [3.63, 3.8) is 0 Å². The summed E-state index contributed by atoms with van der Waals surface area (Å²) < 4.78 is 9.54. The van der Waals surface area contributed by atoms with Crippen molar-refractivity contribution in [3.05, 3.63) is 219 Å². The zero-order valence-corrected chi connectivity index (χ0v) is 36.5. The Labute approximate surface area is 387 Å². The molecular formula is C62H36N6. The molecule has 68 heavy (non-hydrogen) atoms. The average Bonchev–Trinajstić information content (AvgIpc) is 4.13. The van der Waals surface area contributed by atoms with Crippen molar-refractivity contribution in [1.29, 1.82) is 0 Å². The number of aromatic nitrogens is 6. The summed E-state index contributed by atoms with van der Waals surface area (Å²) in [4.78, 5) is 10.2. The molecular weight excluding hydrogens is 829 g/mol. The summed E-state index contributed by atoms with van der Waals surface area (Å²) in [6, 6.07) is 75.3. The van der Waals surface area contributed by atoms with Gasteiger partial charge in [-0.3, -0.25) is 9.97 Å². The molecule has 6 aromatic heterocycles. The Morgan fingerprint density at radius 3 is 0.897 bits per heavy atom. The second-order valence-electron chi connectivity index (χ2n) is 18.1. The van der Waals surface area contributed by atoms with E-state index < -0.39 is 0 Å². The van der Waals surface area contributed by atoms with Gasteiger partial charge in [0.25, 0.3) is 0 Å². The Morgan fingerprint density at radius 2 is 0.544 bits per heavy atom. The van der Waals surface area contributed by atoms with Crippen molar-refractivity contribution in [3.8, 4) is 22.7 Å². The van der Waals surface area contributed by atoms with E-state index in [9.17, 15) is 0 Å². The van der Waals surface area contributed by atoms with E-state index >= 15 is 0 Å². The molecule has 0 atom stereocenters. The SMILES string of the molecule is c1ccc2c(c1)c1ccccc1n2-c1ccc(-n2c3cccnc3c3c4ccc5cc6c(c7ccc(cc32)c4c57)c2ncccc2n6-c2ccc(-n3c4ccccc4c4ccccc43)cc2)cc1. The maximum Gasteiger partial charge on any atom is 0.0969 e. The van der Waals surface area contributed by atoms with Crippen LogP contribution >= 0.6 is 0 Å². The number of nitrogens with zero attached hydrogens (tertiary/aromatic N) is 6. The molecule has 16 aromatic rings. The van der Waals surface area contributed by atoms with E-state index in [1.54, 1.807) is 0 Å². The van der Waals surface area contributed by atoms with Crippen molar-refractivity contribution in [2.45, 2.75) is 0 Å². The third kappa shape index (κ3) is 4.65. The van der Waals surface area contributed by atoms with Crippen molar-refractivity contribution >= 4 is 120 Å². The standard InChI is InChI=1S/C62H36N6/c1-5-15-49-43(11-1)44-12-2-6-16-50(44)65(49)39-23-27-41(28-24-39)67-53-19-9-33-63-61(53)59-47-31-22-38-36-56-60(48-32-21-37(35-55(59)67)57(47)58(38)48)62-54(20-10-34-64-62)68(56)42-29-25-40(26-30-42)66-51-17-7-3-13-45(51)46-14-4-8-18-52(46)66/h1-36H. The minimum absolute atomic E-state index is 1.000. The summed E-state index contributed by atoms with van der Waals surface area (Å²) in [7, 11) is 0. The van der Waals surface area contributed by atoms with Crippen LogP contribution in [0.3, 0.4) is 0 Å². The lowest BCUT2D eigenvalue weighted by Gasteiger charge is -2.15. The Bertz CT molecular complexity index is 4360. The quantitative estimate of drug-likeness (QED) is 0.165. The highest BCUT2D eigenvalue weighted by Gasteiger charge is 2.23. The van der Waals surface area contributed by atoms with E-state index in [0.717, 1.165) is 66.6 Å². The number of fused-ring (bicyclic) bond motifs is 14. The topological polar surface area (TPSA) is 45.5 Å². The molecule has 10 aromatic carbocycles. The van der Waals surface area contributed by atoms with Crippen molar-refractivity contribution in [1.82, 2.24) is 28.2 Å². The fourth-order valence-electron chi connectivity index (χ4n) is 12.0. The first-order valence-corrected chi connectivity index (χ1v) is 23.2. The summed E-state index contributed by atoms with van der Waals surface area (Å²) in [6.45, 7) is 0. The van der Waals surface area contributed by atoms with Crippen molar-refractivity contribution < 1.29 is 0 Å². The van der Waals surface area contributed by atoms with Crippen molar-refractivity contribution in [2.24, 2.45) is 0 Å². The summed E-state index contributed by atoms with van der Waals surface area (Å²) in [5, 5.41) is 14.7. The summed E-state index contributed by atoms with van der Waals surface area (Å²) in [5.41, 5.74) is 15.7. The van der Waals surface area contributed by atoms with E-state index in [1.807, 2.05) is 12.4 Å². The van der Waals surface area contributed by atoms with Gasteiger partial charge in [-0.2, -0.15) is 0 Å². The van der Waals surface area contributed by atoms with Gasteiger partial charge in [0.05, 0.1) is 55.2 Å². The molecule has 0 aliphatic carbocycles. The first kappa shape index (κ1) is 36.0. The fourth-order valence-corrected chi connectivity index (χ4v) is 12.0. The van der Waals surface area contributed by atoms with Gasteiger partial charge in [-0.05, 0) is 142 Å². The summed E-state index contributed by atoms with van der Waals surface area (Å²) >= 11 is 0. The first-order chi connectivity index (χ1) is 33.8. The second kappa shape index (κ2) is 13.2. The van der Waals surface area contributed by atoms with Gasteiger partial charge in [-0.15, -0.1) is 0 Å². The molecule has 6 heterocycles. The second-order valence-corrected chi connectivity index (χ2v) is 18.1. The third-order valence-electron chi connectivity index (χ3n) is 14.8. The molecule has 0 saturated carbocycles. The van der Waals surface area contributed by atoms with Crippen LogP contribution in [0.25, 0.3) is 143 Å². The zero-order chi connectivity index (χ0) is 44.2. The predicted molar refractivity (Wildman–Crippen MR) is 283 cm³/mol. The molecule has 0 aliphatic heterocycles. The highest BCUT2D eigenvalue weighted by atomic mass is 15.0. The monoisotopic (exact) mass is 864 g/mol. The number of rotatable bonds is 4. The van der Waals surface area contributed by atoms with E-state index in [1.165, 1.54) is 75.9 Å². The van der Waals surface area contributed by atoms with Crippen LogP contribution in [0.4, 0.5) is 0 Å². The maximum absolute atomic E-state index is 5.10.